The van der Waals surface area contributed by atoms with Crippen LogP contribution in [0.3, 0.4) is 0 Å². The van der Waals surface area contributed by atoms with Gasteiger partial charge in [-0.15, -0.1) is 12.4 Å². The van der Waals surface area contributed by atoms with Crippen molar-refractivity contribution in [2.45, 2.75) is 30.9 Å². The number of carbonyl (C=O) groups is 1. The normalized spacial score (nSPS) is 22.3. The third-order valence-corrected chi connectivity index (χ3v) is 4.84. The maximum Gasteiger partial charge on any atom is 0.252 e. The van der Waals surface area contributed by atoms with Gasteiger partial charge in [0, 0.05) is 19.1 Å². The molecule has 0 aliphatic carbocycles. The van der Waals surface area contributed by atoms with Gasteiger partial charge in [-0.2, -0.15) is 0 Å². The van der Waals surface area contributed by atoms with Crippen LogP contribution in [0.5, 0.6) is 5.75 Å². The molecule has 0 saturated carbocycles. The molecule has 0 spiro atoms. The standard InChI is InChI=1S/C16H21ClN2O3.ClH/c1-21-16(6-8-18-9-7-16)15(20)19-13-5-10-22-14-11(13)3-2-4-12(14)17;/h2-4,13,18H,5-10H2,1H3,(H,19,20);1H. The van der Waals surface area contributed by atoms with E-state index in [-0.39, 0.29) is 24.4 Å². The predicted molar refractivity (Wildman–Crippen MR) is 91.5 cm³/mol. The molecule has 1 saturated heterocycles. The average Bonchev–Trinajstić information content (AvgIpc) is 2.56. The third-order valence-electron chi connectivity index (χ3n) is 4.55. The molecule has 23 heavy (non-hydrogen) atoms. The summed E-state index contributed by atoms with van der Waals surface area (Å²) in [4.78, 5) is 12.8. The summed E-state index contributed by atoms with van der Waals surface area (Å²) < 4.78 is 11.2. The van der Waals surface area contributed by atoms with Crippen LogP contribution >= 0.6 is 24.0 Å². The van der Waals surface area contributed by atoms with Crippen LogP contribution in [0.2, 0.25) is 5.02 Å². The van der Waals surface area contributed by atoms with E-state index in [0.29, 0.717) is 30.2 Å². The zero-order valence-electron chi connectivity index (χ0n) is 13.1. The van der Waals surface area contributed by atoms with Crippen LogP contribution in [0, 0.1) is 0 Å². The molecule has 1 aromatic rings. The molecular weight excluding hydrogens is 339 g/mol. The van der Waals surface area contributed by atoms with Crippen LogP contribution in [-0.4, -0.2) is 38.3 Å². The second-order valence-corrected chi connectivity index (χ2v) is 6.18. The van der Waals surface area contributed by atoms with Gasteiger partial charge in [0.25, 0.3) is 5.91 Å². The third kappa shape index (κ3) is 3.58. The van der Waals surface area contributed by atoms with Crippen molar-refractivity contribution in [2.75, 3.05) is 26.8 Å². The molecule has 1 atom stereocenters. The molecule has 5 nitrogen and oxygen atoms in total. The van der Waals surface area contributed by atoms with Crippen molar-refractivity contribution in [2.24, 2.45) is 0 Å². The molecule has 0 radical (unpaired) electrons. The van der Waals surface area contributed by atoms with E-state index in [0.717, 1.165) is 25.1 Å². The van der Waals surface area contributed by atoms with Crippen molar-refractivity contribution in [1.82, 2.24) is 10.6 Å². The molecule has 0 aromatic heterocycles. The van der Waals surface area contributed by atoms with E-state index in [1.54, 1.807) is 13.2 Å². The van der Waals surface area contributed by atoms with Gasteiger partial charge in [0.15, 0.2) is 0 Å². The number of ether oxygens (including phenoxy) is 2. The van der Waals surface area contributed by atoms with Crippen LogP contribution < -0.4 is 15.4 Å². The number of hydrogen-bond donors (Lipinski definition) is 2. The van der Waals surface area contributed by atoms with Gasteiger partial charge in [0.05, 0.1) is 17.7 Å². The Kier molecular flexibility index (Phi) is 6.14. The molecule has 2 aliphatic rings. The Bertz CT molecular complexity index is 562. The van der Waals surface area contributed by atoms with E-state index in [9.17, 15) is 4.79 Å². The number of amides is 1. The highest BCUT2D eigenvalue weighted by molar-refractivity contribution is 6.32. The topological polar surface area (TPSA) is 59.6 Å². The Labute approximate surface area is 147 Å². The number of carbonyl (C=O) groups excluding carboxylic acids is 1. The first-order valence-corrected chi connectivity index (χ1v) is 8.02. The summed E-state index contributed by atoms with van der Waals surface area (Å²) in [5.74, 6) is 0.631. The molecule has 1 aromatic carbocycles. The number of rotatable bonds is 3. The second-order valence-electron chi connectivity index (χ2n) is 5.77. The maximum absolute atomic E-state index is 12.8. The zero-order chi connectivity index (χ0) is 15.6. The molecule has 7 heteroatoms. The van der Waals surface area contributed by atoms with Gasteiger partial charge in [0.1, 0.15) is 11.4 Å². The molecule has 2 aliphatic heterocycles. The van der Waals surface area contributed by atoms with E-state index >= 15 is 0 Å². The number of halogens is 2. The summed E-state index contributed by atoms with van der Waals surface area (Å²) in [6, 6.07) is 5.55. The summed E-state index contributed by atoms with van der Waals surface area (Å²) in [5.41, 5.74) is 0.203. The lowest BCUT2D eigenvalue weighted by Gasteiger charge is -2.37. The van der Waals surface area contributed by atoms with Crippen molar-refractivity contribution < 1.29 is 14.3 Å². The summed E-state index contributed by atoms with van der Waals surface area (Å²) >= 11 is 6.18. The van der Waals surface area contributed by atoms with E-state index in [1.807, 2.05) is 12.1 Å². The minimum atomic E-state index is -0.734. The average molecular weight is 361 g/mol. The molecule has 2 heterocycles. The fraction of sp³-hybridized carbons (Fsp3) is 0.562. The number of nitrogens with one attached hydrogen (secondary N) is 2. The fourth-order valence-corrected chi connectivity index (χ4v) is 3.42. The van der Waals surface area contributed by atoms with Crippen LogP contribution in [0.25, 0.3) is 0 Å². The van der Waals surface area contributed by atoms with E-state index in [4.69, 9.17) is 21.1 Å². The fourth-order valence-electron chi connectivity index (χ4n) is 3.18. The Balaban J connectivity index is 0.00000192. The summed E-state index contributed by atoms with van der Waals surface area (Å²) in [7, 11) is 1.61. The monoisotopic (exact) mass is 360 g/mol. The molecule has 1 fully saturated rings. The zero-order valence-corrected chi connectivity index (χ0v) is 14.6. The van der Waals surface area contributed by atoms with Gasteiger partial charge < -0.3 is 20.1 Å². The first-order chi connectivity index (χ1) is 10.7. The first kappa shape index (κ1) is 18.3. The van der Waals surface area contributed by atoms with Crippen molar-refractivity contribution in [1.29, 1.82) is 0 Å². The molecule has 1 unspecified atom stereocenters. The molecular formula is C16H22Cl2N2O3. The maximum atomic E-state index is 12.8. The molecule has 1 amide bonds. The van der Waals surface area contributed by atoms with E-state index in [1.165, 1.54) is 0 Å². The number of methoxy groups -OCH3 is 1. The van der Waals surface area contributed by atoms with Crippen LogP contribution in [0.4, 0.5) is 0 Å². The Hall–Kier alpha value is -1.01. The number of para-hydroxylation sites is 1. The van der Waals surface area contributed by atoms with Gasteiger partial charge in [-0.25, -0.2) is 0 Å². The first-order valence-electron chi connectivity index (χ1n) is 7.64. The van der Waals surface area contributed by atoms with Gasteiger partial charge in [-0.3, -0.25) is 4.79 Å². The molecule has 2 N–H and O–H groups in total. The highest BCUT2D eigenvalue weighted by Crippen LogP contribution is 2.38. The largest absolute Gasteiger partial charge is 0.492 e. The molecule has 0 bridgehead atoms. The van der Waals surface area contributed by atoms with Crippen molar-refractivity contribution >= 4 is 29.9 Å². The van der Waals surface area contributed by atoms with Gasteiger partial charge in [-0.1, -0.05) is 23.7 Å². The van der Waals surface area contributed by atoms with Crippen molar-refractivity contribution in [3.05, 3.63) is 28.8 Å². The van der Waals surface area contributed by atoms with Gasteiger partial charge in [0.2, 0.25) is 0 Å². The summed E-state index contributed by atoms with van der Waals surface area (Å²) in [6.07, 6.45) is 2.10. The van der Waals surface area contributed by atoms with Crippen LogP contribution in [0.1, 0.15) is 30.9 Å². The number of hydrogen-bond acceptors (Lipinski definition) is 4. The minimum Gasteiger partial charge on any atom is -0.492 e. The highest BCUT2D eigenvalue weighted by Gasteiger charge is 2.41. The van der Waals surface area contributed by atoms with Crippen LogP contribution in [-0.2, 0) is 9.53 Å². The van der Waals surface area contributed by atoms with Crippen molar-refractivity contribution in [3.8, 4) is 5.75 Å². The second kappa shape index (κ2) is 7.71. The van der Waals surface area contributed by atoms with E-state index in [2.05, 4.69) is 10.6 Å². The lowest BCUT2D eigenvalue weighted by molar-refractivity contribution is -0.147. The smallest absolute Gasteiger partial charge is 0.252 e. The highest BCUT2D eigenvalue weighted by atomic mass is 35.5. The number of fused-ring (bicyclic) bond motifs is 1. The quantitative estimate of drug-likeness (QED) is 0.869. The van der Waals surface area contributed by atoms with Crippen molar-refractivity contribution in [3.63, 3.8) is 0 Å². The van der Waals surface area contributed by atoms with Crippen LogP contribution in [0.15, 0.2) is 18.2 Å². The molecule has 3 rings (SSSR count). The van der Waals surface area contributed by atoms with Gasteiger partial charge >= 0.3 is 0 Å². The SMILES string of the molecule is COC1(C(=O)NC2CCOc3c(Cl)cccc32)CCNCC1.Cl. The minimum absolute atomic E-state index is 0. The number of benzene rings is 1. The Morgan fingerprint density at radius 3 is 2.87 bits per heavy atom. The Morgan fingerprint density at radius 2 is 2.17 bits per heavy atom. The van der Waals surface area contributed by atoms with E-state index < -0.39 is 5.60 Å². The van der Waals surface area contributed by atoms with Gasteiger partial charge in [-0.05, 0) is 32.0 Å². The lowest BCUT2D eigenvalue weighted by atomic mass is 9.90. The predicted octanol–water partition coefficient (Wildman–Crippen LogP) is 2.47. The lowest BCUT2D eigenvalue weighted by Crippen LogP contribution is -2.55. The summed E-state index contributed by atoms with van der Waals surface area (Å²) in [5, 5.41) is 6.97. The Morgan fingerprint density at radius 1 is 1.43 bits per heavy atom. The molecule has 128 valence electrons. The summed E-state index contributed by atoms with van der Waals surface area (Å²) in [6.45, 7) is 2.12. The number of piperidine rings is 1.